The molecule has 1 aromatic rings. The maximum atomic E-state index is 11.9. The molecule has 0 aliphatic carbocycles. The zero-order valence-electron chi connectivity index (χ0n) is 19.9. The van der Waals surface area contributed by atoms with Gasteiger partial charge < -0.3 is 9.64 Å². The summed E-state index contributed by atoms with van der Waals surface area (Å²) in [6, 6.07) is 9.62. The molecule has 9 heteroatoms. The van der Waals surface area contributed by atoms with Crippen molar-refractivity contribution in [3.8, 4) is 18.2 Å². The van der Waals surface area contributed by atoms with E-state index in [1.165, 1.54) is 17.1 Å². The highest BCUT2D eigenvalue weighted by molar-refractivity contribution is 7.16. The first-order chi connectivity index (χ1) is 16.7. The zero-order valence-corrected chi connectivity index (χ0v) is 20.7. The predicted molar refractivity (Wildman–Crippen MR) is 132 cm³/mol. The lowest BCUT2D eigenvalue weighted by atomic mass is 9.94. The maximum absolute atomic E-state index is 11.9. The number of imide groups is 1. The summed E-state index contributed by atoms with van der Waals surface area (Å²) in [7, 11) is 0. The normalized spacial score (nSPS) is 16.5. The zero-order chi connectivity index (χ0) is 25.6. The van der Waals surface area contributed by atoms with E-state index in [1.54, 1.807) is 43.4 Å². The van der Waals surface area contributed by atoms with Gasteiger partial charge in [-0.25, -0.2) is 0 Å². The molecule has 0 atom stereocenters. The van der Waals surface area contributed by atoms with E-state index < -0.39 is 5.60 Å². The second-order valence-electron chi connectivity index (χ2n) is 8.45. The number of carbonyl (C=O) groups excluding carboxylic acids is 2. The van der Waals surface area contributed by atoms with Gasteiger partial charge in [-0.2, -0.15) is 15.8 Å². The van der Waals surface area contributed by atoms with Crippen molar-refractivity contribution in [1.29, 1.82) is 15.8 Å². The van der Waals surface area contributed by atoms with Gasteiger partial charge in [-0.15, -0.1) is 11.3 Å². The van der Waals surface area contributed by atoms with Gasteiger partial charge in [0.15, 0.2) is 11.3 Å². The Morgan fingerprint density at radius 3 is 2.40 bits per heavy atom. The van der Waals surface area contributed by atoms with Gasteiger partial charge in [0.1, 0.15) is 29.4 Å². The van der Waals surface area contributed by atoms with Gasteiger partial charge >= 0.3 is 0 Å². The fourth-order valence-corrected chi connectivity index (χ4v) is 4.76. The second-order valence-corrected chi connectivity index (χ2v) is 9.55. The van der Waals surface area contributed by atoms with Crippen molar-refractivity contribution >= 4 is 34.2 Å². The lowest BCUT2D eigenvalue weighted by Gasteiger charge is -2.25. The monoisotopic (exact) mass is 487 g/mol. The molecule has 178 valence electrons. The van der Waals surface area contributed by atoms with Crippen molar-refractivity contribution in [2.24, 2.45) is 0 Å². The van der Waals surface area contributed by atoms with Crippen molar-refractivity contribution in [2.45, 2.75) is 39.2 Å². The summed E-state index contributed by atoms with van der Waals surface area (Å²) >= 11 is 1.56. The van der Waals surface area contributed by atoms with Crippen LogP contribution in [0.5, 0.6) is 0 Å². The van der Waals surface area contributed by atoms with Crippen LogP contribution in [0.15, 0.2) is 52.8 Å². The van der Waals surface area contributed by atoms with Gasteiger partial charge in [0.25, 0.3) is 11.8 Å². The van der Waals surface area contributed by atoms with E-state index in [0.717, 1.165) is 29.3 Å². The first-order valence-electron chi connectivity index (χ1n) is 11.2. The van der Waals surface area contributed by atoms with E-state index in [0.29, 0.717) is 18.7 Å². The van der Waals surface area contributed by atoms with E-state index in [4.69, 9.17) is 4.74 Å². The molecule has 0 N–H and O–H groups in total. The Bertz CT molecular complexity index is 1240. The van der Waals surface area contributed by atoms with Crippen LogP contribution in [0.3, 0.4) is 0 Å². The lowest BCUT2D eigenvalue weighted by molar-refractivity contribution is -0.136. The van der Waals surface area contributed by atoms with Gasteiger partial charge in [-0.3, -0.25) is 14.5 Å². The summed E-state index contributed by atoms with van der Waals surface area (Å²) in [4.78, 5) is 28.1. The molecule has 0 unspecified atom stereocenters. The summed E-state index contributed by atoms with van der Waals surface area (Å²) in [5.41, 5.74) is -0.326. The standard InChI is InChI=1S/C26H25N5O3S/c1-4-5-12-30(13-14-31-22(32)9-10-23(31)33)24-11-7-19(35-24)6-8-21-20(17-29)25(18(15-27)16-28)34-26(21,2)3/h6-11H,4-5,12-14H2,1-3H3/b8-6+. The Morgan fingerprint density at radius 1 is 1.11 bits per heavy atom. The molecule has 2 aliphatic heterocycles. The van der Waals surface area contributed by atoms with Crippen LogP contribution >= 0.6 is 11.3 Å². The van der Waals surface area contributed by atoms with Crippen molar-refractivity contribution in [1.82, 2.24) is 4.90 Å². The van der Waals surface area contributed by atoms with Crippen LogP contribution in [0, 0.1) is 34.0 Å². The lowest BCUT2D eigenvalue weighted by Crippen LogP contribution is -2.38. The molecule has 3 heterocycles. The van der Waals surface area contributed by atoms with Crippen LogP contribution in [0.25, 0.3) is 6.08 Å². The minimum absolute atomic E-state index is 0.0141. The summed E-state index contributed by atoms with van der Waals surface area (Å²) in [6.45, 7) is 7.32. The third kappa shape index (κ3) is 5.51. The molecule has 1 aromatic heterocycles. The molecule has 2 aliphatic rings. The quantitative estimate of drug-likeness (QED) is 0.377. The number of nitriles is 3. The van der Waals surface area contributed by atoms with Gasteiger partial charge in [0.2, 0.25) is 0 Å². The highest BCUT2D eigenvalue weighted by Gasteiger charge is 2.38. The average Bonchev–Trinajstić information content (AvgIpc) is 3.49. The van der Waals surface area contributed by atoms with Crippen LogP contribution in [0.4, 0.5) is 5.00 Å². The number of allylic oxidation sites excluding steroid dienone is 2. The number of rotatable bonds is 9. The van der Waals surface area contributed by atoms with Gasteiger partial charge in [0, 0.05) is 42.2 Å². The Kier molecular flexibility index (Phi) is 7.91. The van der Waals surface area contributed by atoms with Crippen molar-refractivity contribution in [3.63, 3.8) is 0 Å². The molecule has 0 saturated heterocycles. The van der Waals surface area contributed by atoms with Crippen LogP contribution in [-0.4, -0.2) is 41.9 Å². The molecule has 0 fully saturated rings. The summed E-state index contributed by atoms with van der Waals surface area (Å²) < 4.78 is 5.80. The number of thiophene rings is 1. The molecule has 0 bridgehead atoms. The highest BCUT2D eigenvalue weighted by Crippen LogP contribution is 2.40. The second kappa shape index (κ2) is 10.9. The van der Waals surface area contributed by atoms with Crippen LogP contribution < -0.4 is 4.90 Å². The van der Waals surface area contributed by atoms with Crippen molar-refractivity contribution in [2.75, 3.05) is 24.5 Å². The largest absolute Gasteiger partial charge is 0.480 e. The number of hydrogen-bond donors (Lipinski definition) is 0. The Balaban J connectivity index is 1.83. The molecular formula is C26H25N5O3S. The highest BCUT2D eigenvalue weighted by atomic mass is 32.1. The van der Waals surface area contributed by atoms with Crippen LogP contribution in [0.1, 0.15) is 38.5 Å². The number of carbonyl (C=O) groups is 2. The predicted octanol–water partition coefficient (Wildman–Crippen LogP) is 4.22. The number of anilines is 1. The van der Waals surface area contributed by atoms with Crippen LogP contribution in [-0.2, 0) is 14.3 Å². The topological polar surface area (TPSA) is 121 Å². The van der Waals surface area contributed by atoms with Gasteiger partial charge in [-0.1, -0.05) is 19.4 Å². The van der Waals surface area contributed by atoms with E-state index in [9.17, 15) is 25.4 Å². The van der Waals surface area contributed by atoms with Crippen LogP contribution in [0.2, 0.25) is 0 Å². The molecule has 35 heavy (non-hydrogen) atoms. The third-order valence-corrected chi connectivity index (χ3v) is 6.79. The molecular weight excluding hydrogens is 462 g/mol. The van der Waals surface area contributed by atoms with E-state index in [1.807, 2.05) is 18.2 Å². The molecule has 0 aromatic carbocycles. The Hall–Kier alpha value is -4.13. The fourth-order valence-electron chi connectivity index (χ4n) is 3.80. The van der Waals surface area contributed by atoms with E-state index in [-0.39, 0.29) is 28.7 Å². The number of nitrogens with zero attached hydrogens (tertiary/aromatic N) is 5. The van der Waals surface area contributed by atoms with Crippen molar-refractivity contribution in [3.05, 3.63) is 57.7 Å². The number of hydrogen-bond acceptors (Lipinski definition) is 8. The van der Waals surface area contributed by atoms with Gasteiger partial charge in [-0.05, 0) is 38.5 Å². The average molecular weight is 488 g/mol. The van der Waals surface area contributed by atoms with Gasteiger partial charge in [0.05, 0.1) is 5.00 Å². The minimum Gasteiger partial charge on any atom is -0.480 e. The smallest absolute Gasteiger partial charge is 0.253 e. The SMILES string of the molecule is CCCCN(CCN1C(=O)C=CC1=O)c1ccc(/C=C/C2=C(C#N)C(=C(C#N)C#N)OC2(C)C)s1. The molecule has 2 amide bonds. The van der Waals surface area contributed by atoms with E-state index >= 15 is 0 Å². The molecule has 0 radical (unpaired) electrons. The molecule has 3 rings (SSSR count). The number of amides is 2. The minimum atomic E-state index is -0.869. The molecule has 8 nitrogen and oxygen atoms in total. The first-order valence-corrected chi connectivity index (χ1v) is 12.0. The number of ether oxygens (including phenoxy) is 1. The fraction of sp³-hybridized carbons (Fsp3) is 0.346. The third-order valence-electron chi connectivity index (χ3n) is 5.68. The molecule has 0 spiro atoms. The Labute approximate surface area is 208 Å². The van der Waals surface area contributed by atoms with Crippen molar-refractivity contribution < 1.29 is 14.3 Å². The molecule has 0 saturated carbocycles. The van der Waals surface area contributed by atoms with E-state index in [2.05, 4.69) is 17.9 Å². The first kappa shape index (κ1) is 25.5. The summed E-state index contributed by atoms with van der Waals surface area (Å²) in [5.74, 6) is -0.555. The summed E-state index contributed by atoms with van der Waals surface area (Å²) in [6.07, 6.45) is 8.24. The number of unbranched alkanes of at least 4 members (excludes halogenated alkanes) is 1. The maximum Gasteiger partial charge on any atom is 0.253 e. The summed E-state index contributed by atoms with van der Waals surface area (Å²) in [5, 5.41) is 29.1. The Morgan fingerprint density at radius 2 is 1.80 bits per heavy atom.